The molecule has 0 fully saturated rings. The van der Waals surface area contributed by atoms with Gasteiger partial charge in [-0.1, -0.05) is 12.1 Å². The molecule has 3 nitrogen and oxygen atoms in total. The molecule has 2 aromatic carbocycles. The smallest absolute Gasteiger partial charge is 0.184 e. The molecule has 0 aliphatic heterocycles. The summed E-state index contributed by atoms with van der Waals surface area (Å²) in [6.07, 6.45) is 0. The van der Waals surface area contributed by atoms with Crippen molar-refractivity contribution in [1.82, 2.24) is 9.55 Å². The third-order valence-electron chi connectivity index (χ3n) is 3.25. The Morgan fingerprint density at radius 1 is 1.14 bits per heavy atom. The van der Waals surface area contributed by atoms with E-state index in [4.69, 9.17) is 17.5 Å². The highest BCUT2D eigenvalue weighted by molar-refractivity contribution is 7.71. The van der Waals surface area contributed by atoms with E-state index in [0.29, 0.717) is 22.4 Å². The van der Waals surface area contributed by atoms with Crippen LogP contribution in [0.1, 0.15) is 11.1 Å². The first kappa shape index (κ1) is 13.5. The largest absolute Gasteiger partial charge is 0.330 e. The zero-order valence-electron chi connectivity index (χ0n) is 10.7. The van der Waals surface area contributed by atoms with Gasteiger partial charge in [-0.2, -0.15) is 5.26 Å². The molecule has 1 aromatic heterocycles. The third-order valence-corrected chi connectivity index (χ3v) is 3.57. The summed E-state index contributed by atoms with van der Waals surface area (Å²) in [5.74, 6) is -1.83. The second-order valence-corrected chi connectivity index (χ2v) is 4.97. The molecule has 0 amide bonds. The lowest BCUT2D eigenvalue weighted by Gasteiger charge is -2.06. The van der Waals surface area contributed by atoms with Crippen LogP contribution >= 0.6 is 12.2 Å². The second-order valence-electron chi connectivity index (χ2n) is 4.58. The molecule has 21 heavy (non-hydrogen) atoms. The maximum absolute atomic E-state index is 14.0. The van der Waals surface area contributed by atoms with Crippen LogP contribution in [-0.4, -0.2) is 9.55 Å². The van der Waals surface area contributed by atoms with Crippen LogP contribution in [0.2, 0.25) is 0 Å². The SMILES string of the molecule is N#Cc1ccc(Cn2c(=S)[nH]c3ccc(F)c(F)c32)cc1. The second kappa shape index (κ2) is 5.11. The number of nitriles is 1. The molecule has 0 aliphatic rings. The van der Waals surface area contributed by atoms with Gasteiger partial charge in [0.2, 0.25) is 0 Å². The van der Waals surface area contributed by atoms with E-state index < -0.39 is 11.6 Å². The zero-order valence-corrected chi connectivity index (χ0v) is 11.5. The van der Waals surface area contributed by atoms with E-state index >= 15 is 0 Å². The summed E-state index contributed by atoms with van der Waals surface area (Å²) in [6.45, 7) is 0.297. The predicted molar refractivity (Wildman–Crippen MR) is 77.3 cm³/mol. The fourth-order valence-electron chi connectivity index (χ4n) is 2.21. The van der Waals surface area contributed by atoms with Crippen LogP contribution in [0.5, 0.6) is 0 Å². The topological polar surface area (TPSA) is 44.5 Å². The van der Waals surface area contributed by atoms with Gasteiger partial charge in [0.1, 0.15) is 5.52 Å². The van der Waals surface area contributed by atoms with Crippen molar-refractivity contribution in [2.75, 3.05) is 0 Å². The molecule has 6 heteroatoms. The first-order valence-electron chi connectivity index (χ1n) is 6.15. The number of imidazole rings is 1. The Kier molecular flexibility index (Phi) is 3.28. The van der Waals surface area contributed by atoms with E-state index in [1.165, 1.54) is 10.6 Å². The number of halogens is 2. The molecule has 1 N–H and O–H groups in total. The summed E-state index contributed by atoms with van der Waals surface area (Å²) in [5, 5.41) is 8.77. The maximum atomic E-state index is 14.0. The number of H-pyrrole nitrogens is 1. The molecular formula is C15H9F2N3S. The average Bonchev–Trinajstić information content (AvgIpc) is 2.81. The Hall–Kier alpha value is -2.52. The first-order valence-corrected chi connectivity index (χ1v) is 6.56. The number of fused-ring (bicyclic) bond motifs is 1. The Labute approximate surface area is 124 Å². The maximum Gasteiger partial charge on any atom is 0.184 e. The van der Waals surface area contributed by atoms with Crippen LogP contribution in [-0.2, 0) is 6.54 Å². The van der Waals surface area contributed by atoms with Gasteiger partial charge in [0.15, 0.2) is 16.4 Å². The molecule has 1 heterocycles. The normalized spacial score (nSPS) is 10.7. The highest BCUT2D eigenvalue weighted by Crippen LogP contribution is 2.21. The van der Waals surface area contributed by atoms with Crippen molar-refractivity contribution < 1.29 is 8.78 Å². The molecule has 3 aromatic rings. The number of nitrogens with one attached hydrogen (secondary N) is 1. The minimum absolute atomic E-state index is 0.115. The van der Waals surface area contributed by atoms with Crippen molar-refractivity contribution in [2.24, 2.45) is 0 Å². The molecular weight excluding hydrogens is 292 g/mol. The zero-order chi connectivity index (χ0) is 15.0. The molecule has 3 rings (SSSR count). The Bertz CT molecular complexity index is 917. The van der Waals surface area contributed by atoms with E-state index in [0.717, 1.165) is 11.6 Å². The number of hydrogen-bond donors (Lipinski definition) is 1. The van der Waals surface area contributed by atoms with Gasteiger partial charge in [-0.05, 0) is 42.0 Å². The van der Waals surface area contributed by atoms with Crippen LogP contribution < -0.4 is 0 Å². The monoisotopic (exact) mass is 301 g/mol. The number of hydrogen-bond acceptors (Lipinski definition) is 2. The number of rotatable bonds is 2. The Balaban J connectivity index is 2.11. The molecule has 104 valence electrons. The first-order chi connectivity index (χ1) is 10.1. The van der Waals surface area contributed by atoms with Crippen LogP contribution in [0, 0.1) is 27.7 Å². The summed E-state index contributed by atoms with van der Waals surface area (Å²) >= 11 is 5.17. The van der Waals surface area contributed by atoms with E-state index in [2.05, 4.69) is 4.98 Å². The van der Waals surface area contributed by atoms with Gasteiger partial charge in [0.25, 0.3) is 0 Å². The summed E-state index contributed by atoms with van der Waals surface area (Å²) < 4.78 is 29.2. The number of benzene rings is 2. The van der Waals surface area contributed by atoms with Crippen molar-refractivity contribution in [3.63, 3.8) is 0 Å². The molecule has 0 aliphatic carbocycles. The number of nitrogens with zero attached hydrogens (tertiary/aromatic N) is 2. The van der Waals surface area contributed by atoms with Gasteiger partial charge in [-0.25, -0.2) is 8.78 Å². The minimum atomic E-state index is -0.923. The van der Waals surface area contributed by atoms with E-state index in [1.807, 2.05) is 6.07 Å². The van der Waals surface area contributed by atoms with Gasteiger partial charge < -0.3 is 9.55 Å². The fourth-order valence-corrected chi connectivity index (χ4v) is 2.47. The quantitative estimate of drug-likeness (QED) is 0.730. The minimum Gasteiger partial charge on any atom is -0.330 e. The summed E-state index contributed by atoms with van der Waals surface area (Å²) in [7, 11) is 0. The summed E-state index contributed by atoms with van der Waals surface area (Å²) in [5.41, 5.74) is 1.95. The molecule has 0 atom stereocenters. The third kappa shape index (κ3) is 2.32. The lowest BCUT2D eigenvalue weighted by Crippen LogP contribution is -2.02. The van der Waals surface area contributed by atoms with Crippen LogP contribution in [0.4, 0.5) is 8.78 Å². The Morgan fingerprint density at radius 3 is 2.52 bits per heavy atom. The molecule has 0 saturated heterocycles. The summed E-state index contributed by atoms with van der Waals surface area (Å²) in [4.78, 5) is 2.86. The van der Waals surface area contributed by atoms with Gasteiger partial charge in [-0.15, -0.1) is 0 Å². The van der Waals surface area contributed by atoms with Crippen molar-refractivity contribution in [3.8, 4) is 6.07 Å². The molecule has 0 saturated carbocycles. The van der Waals surface area contributed by atoms with Crippen molar-refractivity contribution in [2.45, 2.75) is 6.54 Å². The highest BCUT2D eigenvalue weighted by Gasteiger charge is 2.13. The van der Waals surface area contributed by atoms with Gasteiger partial charge in [-0.3, -0.25) is 0 Å². The van der Waals surface area contributed by atoms with Crippen molar-refractivity contribution >= 4 is 23.3 Å². The summed E-state index contributed by atoms with van der Waals surface area (Å²) in [6, 6.07) is 11.4. The van der Waals surface area contributed by atoms with E-state index in [9.17, 15) is 8.78 Å². The van der Waals surface area contributed by atoms with Gasteiger partial charge >= 0.3 is 0 Å². The van der Waals surface area contributed by atoms with Gasteiger partial charge in [0, 0.05) is 0 Å². The molecule has 0 bridgehead atoms. The average molecular weight is 301 g/mol. The van der Waals surface area contributed by atoms with E-state index in [-0.39, 0.29) is 5.52 Å². The fraction of sp³-hybridized carbons (Fsp3) is 0.0667. The van der Waals surface area contributed by atoms with E-state index in [1.54, 1.807) is 24.3 Å². The van der Waals surface area contributed by atoms with Crippen molar-refractivity contribution in [1.29, 1.82) is 5.26 Å². The molecule has 0 unspecified atom stereocenters. The number of aromatic amines is 1. The van der Waals surface area contributed by atoms with Crippen molar-refractivity contribution in [3.05, 3.63) is 63.9 Å². The molecule has 0 radical (unpaired) electrons. The highest BCUT2D eigenvalue weighted by atomic mass is 32.1. The predicted octanol–water partition coefficient (Wildman–Crippen LogP) is 3.90. The van der Waals surface area contributed by atoms with Crippen LogP contribution in [0.25, 0.3) is 11.0 Å². The molecule has 0 spiro atoms. The lowest BCUT2D eigenvalue weighted by molar-refractivity contribution is 0.512. The van der Waals surface area contributed by atoms with Gasteiger partial charge in [0.05, 0.1) is 23.7 Å². The standard InChI is InChI=1S/C15H9F2N3S/c16-11-5-6-12-14(13(11)17)20(15(21)19-12)8-10-3-1-9(7-18)2-4-10/h1-6H,8H2,(H,19,21). The Morgan fingerprint density at radius 2 is 1.86 bits per heavy atom. The van der Waals surface area contributed by atoms with Crippen LogP contribution in [0.3, 0.4) is 0 Å². The number of aromatic nitrogens is 2. The van der Waals surface area contributed by atoms with Crippen LogP contribution in [0.15, 0.2) is 36.4 Å². The lowest BCUT2D eigenvalue weighted by atomic mass is 10.1.